The Bertz CT molecular complexity index is 795. The minimum Gasteiger partial charge on any atom is -0.332 e. The van der Waals surface area contributed by atoms with Gasteiger partial charge in [0, 0.05) is 22.5 Å². The van der Waals surface area contributed by atoms with Crippen LogP contribution in [-0.4, -0.2) is 67.8 Å². The maximum atomic E-state index is 12.2. The maximum absolute atomic E-state index is 12.2. The van der Waals surface area contributed by atoms with E-state index in [0.29, 0.717) is 29.3 Å². The highest BCUT2D eigenvalue weighted by Gasteiger charge is 2.10. The van der Waals surface area contributed by atoms with E-state index < -0.39 is 0 Å². The van der Waals surface area contributed by atoms with Crippen LogP contribution in [0, 0.1) is 0 Å². The Labute approximate surface area is 171 Å². The first-order valence-corrected chi connectivity index (χ1v) is 9.29. The van der Waals surface area contributed by atoms with Gasteiger partial charge in [-0.1, -0.05) is 24.3 Å². The summed E-state index contributed by atoms with van der Waals surface area (Å²) in [5.41, 5.74) is 2.69. The standard InChI is InChI=1S/C21H26N4O2S/c1-24(2)13-19(26)15-7-5-9-17(11-15)22-21(28)23-18-10-6-8-16(12-18)20(27)14-25(3)4/h5-12H,13-14H2,1-4H3,(H2,22,23,28). The minimum absolute atomic E-state index is 0.0413. The second-order valence-corrected chi connectivity index (χ2v) is 7.47. The number of carbonyl (C=O) groups is 2. The van der Waals surface area contributed by atoms with Crippen LogP contribution < -0.4 is 10.6 Å². The van der Waals surface area contributed by atoms with Gasteiger partial charge in [0.15, 0.2) is 16.7 Å². The van der Waals surface area contributed by atoms with E-state index >= 15 is 0 Å². The average Bonchev–Trinajstić information content (AvgIpc) is 2.61. The van der Waals surface area contributed by atoms with Crippen LogP contribution in [0.2, 0.25) is 0 Å². The van der Waals surface area contributed by atoms with Gasteiger partial charge in [-0.05, 0) is 64.7 Å². The van der Waals surface area contributed by atoms with Crippen molar-refractivity contribution in [3.63, 3.8) is 0 Å². The Kier molecular flexibility index (Phi) is 7.80. The van der Waals surface area contributed by atoms with Crippen LogP contribution in [-0.2, 0) is 0 Å². The van der Waals surface area contributed by atoms with Crippen LogP contribution in [0.25, 0.3) is 0 Å². The maximum Gasteiger partial charge on any atom is 0.176 e. The van der Waals surface area contributed by atoms with Crippen molar-refractivity contribution in [3.8, 4) is 0 Å². The fraction of sp³-hybridized carbons (Fsp3) is 0.286. The number of Topliss-reactive ketones (excluding diaryl/α,β-unsaturated/α-hetero) is 2. The normalized spacial score (nSPS) is 10.8. The Morgan fingerprint density at radius 2 is 1.18 bits per heavy atom. The minimum atomic E-state index is 0.0413. The zero-order valence-electron chi connectivity index (χ0n) is 16.7. The van der Waals surface area contributed by atoms with Crippen molar-refractivity contribution in [1.82, 2.24) is 9.80 Å². The summed E-state index contributed by atoms with van der Waals surface area (Å²) < 4.78 is 0. The molecule has 0 aromatic heterocycles. The third-order valence-electron chi connectivity index (χ3n) is 3.80. The fourth-order valence-electron chi connectivity index (χ4n) is 2.59. The van der Waals surface area contributed by atoms with Crippen molar-refractivity contribution in [2.75, 3.05) is 51.9 Å². The number of nitrogens with one attached hydrogen (secondary N) is 2. The van der Waals surface area contributed by atoms with Gasteiger partial charge in [-0.15, -0.1) is 0 Å². The van der Waals surface area contributed by atoms with Gasteiger partial charge in [-0.3, -0.25) is 9.59 Å². The number of hydrogen-bond acceptors (Lipinski definition) is 5. The van der Waals surface area contributed by atoms with Gasteiger partial charge >= 0.3 is 0 Å². The lowest BCUT2D eigenvalue weighted by atomic mass is 10.1. The Morgan fingerprint density at radius 1 is 0.786 bits per heavy atom. The molecule has 148 valence electrons. The van der Waals surface area contributed by atoms with E-state index in [4.69, 9.17) is 12.2 Å². The van der Waals surface area contributed by atoms with Crippen LogP contribution in [0.4, 0.5) is 11.4 Å². The van der Waals surface area contributed by atoms with E-state index in [2.05, 4.69) is 10.6 Å². The molecule has 28 heavy (non-hydrogen) atoms. The van der Waals surface area contributed by atoms with Crippen LogP contribution in [0.3, 0.4) is 0 Å². The first-order valence-electron chi connectivity index (χ1n) is 8.88. The van der Waals surface area contributed by atoms with Crippen molar-refractivity contribution in [1.29, 1.82) is 0 Å². The summed E-state index contributed by atoms with van der Waals surface area (Å²) in [5, 5.41) is 6.55. The third kappa shape index (κ3) is 6.84. The zero-order valence-corrected chi connectivity index (χ0v) is 17.5. The van der Waals surface area contributed by atoms with Crippen LogP contribution in [0.15, 0.2) is 48.5 Å². The molecule has 7 heteroatoms. The SMILES string of the molecule is CN(C)CC(=O)c1cccc(NC(=S)Nc2cccc(C(=O)CN(C)C)c2)c1. The summed E-state index contributed by atoms with van der Waals surface area (Å²) in [6.45, 7) is 0.694. The summed E-state index contributed by atoms with van der Waals surface area (Å²) in [4.78, 5) is 28.1. The van der Waals surface area contributed by atoms with E-state index in [1.54, 1.807) is 24.3 Å². The molecule has 0 aliphatic rings. The van der Waals surface area contributed by atoms with Gasteiger partial charge in [0.05, 0.1) is 13.1 Å². The Hall–Kier alpha value is -2.61. The predicted octanol–water partition coefficient (Wildman–Crippen LogP) is 2.98. The number of carbonyl (C=O) groups excluding carboxylic acids is 2. The molecule has 0 bridgehead atoms. The smallest absolute Gasteiger partial charge is 0.176 e. The van der Waals surface area contributed by atoms with Crippen LogP contribution in [0.1, 0.15) is 20.7 Å². The van der Waals surface area contributed by atoms with Crippen molar-refractivity contribution < 1.29 is 9.59 Å². The number of hydrogen-bond donors (Lipinski definition) is 2. The first kappa shape index (κ1) is 21.7. The molecule has 2 N–H and O–H groups in total. The molecule has 6 nitrogen and oxygen atoms in total. The fourth-order valence-corrected chi connectivity index (χ4v) is 2.83. The predicted molar refractivity (Wildman–Crippen MR) is 118 cm³/mol. The summed E-state index contributed by atoms with van der Waals surface area (Å²) in [6.07, 6.45) is 0. The van der Waals surface area contributed by atoms with E-state index in [-0.39, 0.29) is 11.6 Å². The molecular formula is C21H26N4O2S. The highest BCUT2D eigenvalue weighted by molar-refractivity contribution is 7.80. The number of likely N-dealkylation sites (N-methyl/N-ethyl adjacent to an activating group) is 2. The summed E-state index contributed by atoms with van der Waals surface area (Å²) >= 11 is 5.37. The molecule has 0 amide bonds. The molecule has 2 aromatic rings. The molecule has 0 atom stereocenters. The van der Waals surface area contributed by atoms with Crippen molar-refractivity contribution in [2.24, 2.45) is 0 Å². The van der Waals surface area contributed by atoms with Gasteiger partial charge < -0.3 is 20.4 Å². The van der Waals surface area contributed by atoms with Gasteiger partial charge in [-0.25, -0.2) is 0 Å². The second kappa shape index (κ2) is 10.1. The van der Waals surface area contributed by atoms with Crippen molar-refractivity contribution >= 4 is 40.3 Å². The largest absolute Gasteiger partial charge is 0.332 e. The van der Waals surface area contributed by atoms with Crippen LogP contribution in [0.5, 0.6) is 0 Å². The number of rotatable bonds is 8. The number of ketones is 2. The van der Waals surface area contributed by atoms with E-state index in [0.717, 1.165) is 11.4 Å². The highest BCUT2D eigenvalue weighted by atomic mass is 32.1. The van der Waals surface area contributed by atoms with Crippen molar-refractivity contribution in [2.45, 2.75) is 0 Å². The van der Waals surface area contributed by atoms with Gasteiger partial charge in [-0.2, -0.15) is 0 Å². The number of nitrogens with zero attached hydrogens (tertiary/aromatic N) is 2. The molecule has 0 radical (unpaired) electrons. The van der Waals surface area contributed by atoms with E-state index in [1.807, 2.05) is 62.3 Å². The molecule has 0 saturated carbocycles. The summed E-state index contributed by atoms with van der Waals surface area (Å²) in [6, 6.07) is 14.4. The molecule has 0 heterocycles. The molecule has 2 rings (SSSR count). The monoisotopic (exact) mass is 398 g/mol. The molecule has 0 aliphatic heterocycles. The summed E-state index contributed by atoms with van der Waals surface area (Å²) in [5.74, 6) is 0.0827. The topological polar surface area (TPSA) is 64.7 Å². The summed E-state index contributed by atoms with van der Waals surface area (Å²) in [7, 11) is 7.43. The second-order valence-electron chi connectivity index (χ2n) is 7.06. The lowest BCUT2D eigenvalue weighted by Crippen LogP contribution is -2.23. The number of thiocarbonyl (C=S) groups is 1. The Morgan fingerprint density at radius 3 is 1.54 bits per heavy atom. The van der Waals surface area contributed by atoms with E-state index in [9.17, 15) is 9.59 Å². The lowest BCUT2D eigenvalue weighted by molar-refractivity contribution is 0.0949. The lowest BCUT2D eigenvalue weighted by Gasteiger charge is -2.13. The molecule has 0 fully saturated rings. The number of benzene rings is 2. The quantitative estimate of drug-likeness (QED) is 0.523. The molecule has 2 aromatic carbocycles. The first-order chi connectivity index (χ1) is 13.2. The highest BCUT2D eigenvalue weighted by Crippen LogP contribution is 2.15. The molecule has 0 saturated heterocycles. The number of anilines is 2. The Balaban J connectivity index is 2.03. The zero-order chi connectivity index (χ0) is 20.7. The molecule has 0 aliphatic carbocycles. The van der Waals surface area contributed by atoms with E-state index in [1.165, 1.54) is 0 Å². The van der Waals surface area contributed by atoms with Crippen LogP contribution >= 0.6 is 12.2 Å². The van der Waals surface area contributed by atoms with Gasteiger partial charge in [0.2, 0.25) is 0 Å². The molecular weight excluding hydrogens is 372 g/mol. The average molecular weight is 399 g/mol. The molecule has 0 spiro atoms. The van der Waals surface area contributed by atoms with Crippen molar-refractivity contribution in [3.05, 3.63) is 59.7 Å². The van der Waals surface area contributed by atoms with Gasteiger partial charge in [0.25, 0.3) is 0 Å². The van der Waals surface area contributed by atoms with Gasteiger partial charge in [0.1, 0.15) is 0 Å². The third-order valence-corrected chi connectivity index (χ3v) is 4.01. The molecule has 0 unspecified atom stereocenters.